The Morgan fingerprint density at radius 2 is 1.79 bits per heavy atom. The molecule has 1 aliphatic rings. The third kappa shape index (κ3) is 1.83. The quantitative estimate of drug-likeness (QED) is 0.609. The van der Waals surface area contributed by atoms with E-state index < -0.39 is 8.07 Å². The minimum absolute atomic E-state index is 1.09. The van der Waals surface area contributed by atoms with Crippen molar-refractivity contribution in [2.75, 3.05) is 0 Å². The summed E-state index contributed by atoms with van der Waals surface area (Å²) < 4.78 is 0. The zero-order chi connectivity index (χ0) is 10.2. The number of rotatable bonds is 1. The van der Waals surface area contributed by atoms with Crippen molar-refractivity contribution in [1.82, 2.24) is 0 Å². The highest BCUT2D eigenvalue weighted by Crippen LogP contribution is 2.27. The Labute approximate surface area is 87.7 Å². The van der Waals surface area contributed by atoms with Gasteiger partial charge in [0.2, 0.25) is 0 Å². The van der Waals surface area contributed by atoms with E-state index in [0.717, 1.165) is 0 Å². The molecule has 0 aromatic heterocycles. The standard InChI is InChI=1S/C13H17Si/c1-14(2,3)13-9-8-11-6-4-5-7-12(11)10-13/h4-9H,10H2,1-3H3. The number of fused-ring (bicyclic) bond motifs is 1. The number of hydrogen-bond donors (Lipinski definition) is 0. The largest absolute Gasteiger partial charge is 0.0804 e. The molecule has 0 heterocycles. The van der Waals surface area contributed by atoms with Crippen molar-refractivity contribution in [1.29, 1.82) is 0 Å². The van der Waals surface area contributed by atoms with Crippen molar-refractivity contribution in [2.24, 2.45) is 0 Å². The van der Waals surface area contributed by atoms with Gasteiger partial charge in [-0.2, -0.15) is 0 Å². The molecule has 0 amide bonds. The fraction of sp³-hybridized carbons (Fsp3) is 0.308. The van der Waals surface area contributed by atoms with E-state index in [4.69, 9.17) is 0 Å². The van der Waals surface area contributed by atoms with E-state index in [2.05, 4.69) is 56.4 Å². The van der Waals surface area contributed by atoms with Gasteiger partial charge in [-0.3, -0.25) is 0 Å². The zero-order valence-corrected chi connectivity index (χ0v) is 10.2. The van der Waals surface area contributed by atoms with Gasteiger partial charge in [0.05, 0.1) is 8.07 Å². The summed E-state index contributed by atoms with van der Waals surface area (Å²) >= 11 is 0. The molecular formula is C13H17Si. The number of benzene rings is 1. The fourth-order valence-corrected chi connectivity index (χ4v) is 3.13. The van der Waals surface area contributed by atoms with E-state index in [9.17, 15) is 0 Å². The molecule has 1 aromatic carbocycles. The fourth-order valence-electron chi connectivity index (χ4n) is 1.83. The molecule has 73 valence electrons. The van der Waals surface area contributed by atoms with Gasteiger partial charge in [0.15, 0.2) is 0 Å². The molecule has 0 N–H and O–H groups in total. The summed E-state index contributed by atoms with van der Waals surface area (Å²) in [6.07, 6.45) is 5.78. The molecule has 0 spiro atoms. The van der Waals surface area contributed by atoms with Gasteiger partial charge in [0.25, 0.3) is 0 Å². The topological polar surface area (TPSA) is 0 Å². The maximum Gasteiger partial charge on any atom is 0.0724 e. The molecule has 0 nitrogen and oxygen atoms in total. The van der Waals surface area contributed by atoms with Gasteiger partial charge in [-0.15, -0.1) is 0 Å². The predicted octanol–water partition coefficient (Wildman–Crippen LogP) is 3.60. The molecule has 0 aliphatic heterocycles. The van der Waals surface area contributed by atoms with Crippen molar-refractivity contribution in [2.45, 2.75) is 26.1 Å². The van der Waals surface area contributed by atoms with Gasteiger partial charge in [-0.1, -0.05) is 55.2 Å². The van der Waals surface area contributed by atoms with Crippen LogP contribution in [0.5, 0.6) is 0 Å². The van der Waals surface area contributed by atoms with Crippen LogP contribution in [-0.4, -0.2) is 8.07 Å². The second-order valence-electron chi connectivity index (χ2n) is 4.98. The predicted molar refractivity (Wildman–Crippen MR) is 65.0 cm³/mol. The molecule has 1 heteroatoms. The summed E-state index contributed by atoms with van der Waals surface area (Å²) in [4.78, 5) is 0. The van der Waals surface area contributed by atoms with Crippen LogP contribution in [0, 0.1) is 6.42 Å². The third-order valence-corrected chi connectivity index (χ3v) is 5.13. The molecule has 1 radical (unpaired) electrons. The number of allylic oxidation sites excluding steroid dienone is 2. The highest BCUT2D eigenvalue weighted by Gasteiger charge is 2.22. The van der Waals surface area contributed by atoms with Crippen LogP contribution in [0.2, 0.25) is 19.6 Å². The van der Waals surface area contributed by atoms with E-state index in [1.165, 1.54) is 17.5 Å². The summed E-state index contributed by atoms with van der Waals surface area (Å²) in [6, 6.07) is 8.70. The van der Waals surface area contributed by atoms with Crippen molar-refractivity contribution in [3.05, 3.63) is 53.1 Å². The van der Waals surface area contributed by atoms with Crippen LogP contribution in [0.4, 0.5) is 0 Å². The summed E-state index contributed by atoms with van der Waals surface area (Å²) in [5.41, 5.74) is 2.89. The van der Waals surface area contributed by atoms with Crippen molar-refractivity contribution < 1.29 is 0 Å². The summed E-state index contributed by atoms with van der Waals surface area (Å²) in [7, 11) is -1.09. The van der Waals surface area contributed by atoms with Gasteiger partial charge in [0.1, 0.15) is 0 Å². The smallest absolute Gasteiger partial charge is 0.0724 e. The Kier molecular flexibility index (Phi) is 2.36. The molecule has 0 unspecified atom stereocenters. The van der Waals surface area contributed by atoms with E-state index in [0.29, 0.717) is 0 Å². The molecule has 2 rings (SSSR count). The lowest BCUT2D eigenvalue weighted by Crippen LogP contribution is -2.27. The van der Waals surface area contributed by atoms with Crippen molar-refractivity contribution >= 4 is 8.07 Å². The lowest BCUT2D eigenvalue weighted by atomic mass is 9.97. The lowest BCUT2D eigenvalue weighted by molar-refractivity contribution is 1.15. The molecule has 14 heavy (non-hydrogen) atoms. The SMILES string of the molecule is C[Si](C)(C)C1=C[CH]c2ccccc2C1. The first-order chi connectivity index (χ1) is 6.57. The Morgan fingerprint density at radius 3 is 2.50 bits per heavy atom. The molecule has 0 fully saturated rings. The molecule has 0 saturated carbocycles. The first-order valence-corrected chi connectivity index (χ1v) is 8.70. The first-order valence-electron chi connectivity index (χ1n) is 5.20. The molecule has 0 saturated heterocycles. The Bertz CT molecular complexity index is 369. The van der Waals surface area contributed by atoms with E-state index in [1.54, 1.807) is 5.20 Å². The summed E-state index contributed by atoms with van der Waals surface area (Å²) in [5, 5.41) is 1.66. The van der Waals surface area contributed by atoms with Crippen LogP contribution in [0.25, 0.3) is 0 Å². The molecule has 0 bridgehead atoms. The van der Waals surface area contributed by atoms with E-state index in [1.807, 2.05) is 0 Å². The van der Waals surface area contributed by atoms with Gasteiger partial charge in [-0.05, 0) is 17.5 Å². The highest BCUT2D eigenvalue weighted by atomic mass is 28.3. The van der Waals surface area contributed by atoms with Crippen LogP contribution >= 0.6 is 0 Å². The van der Waals surface area contributed by atoms with E-state index in [-0.39, 0.29) is 0 Å². The summed E-state index contributed by atoms with van der Waals surface area (Å²) in [5.74, 6) is 0. The normalized spacial score (nSPS) is 16.1. The monoisotopic (exact) mass is 201 g/mol. The van der Waals surface area contributed by atoms with Crippen LogP contribution in [-0.2, 0) is 6.42 Å². The molecular weight excluding hydrogens is 184 g/mol. The third-order valence-electron chi connectivity index (χ3n) is 2.86. The maximum absolute atomic E-state index is 2.42. The highest BCUT2D eigenvalue weighted by molar-refractivity contribution is 6.83. The first kappa shape index (κ1) is 9.72. The molecule has 0 atom stereocenters. The Hall–Kier alpha value is -0.823. The average Bonchev–Trinajstić information content (AvgIpc) is 2.16. The number of hydrogen-bond acceptors (Lipinski definition) is 0. The van der Waals surface area contributed by atoms with Crippen molar-refractivity contribution in [3.8, 4) is 0 Å². The Balaban J connectivity index is 2.30. The van der Waals surface area contributed by atoms with E-state index >= 15 is 0 Å². The van der Waals surface area contributed by atoms with Crippen LogP contribution in [0.1, 0.15) is 11.1 Å². The van der Waals surface area contributed by atoms with Gasteiger partial charge < -0.3 is 0 Å². The molecule has 1 aliphatic carbocycles. The molecule has 1 aromatic rings. The van der Waals surface area contributed by atoms with Gasteiger partial charge >= 0.3 is 0 Å². The van der Waals surface area contributed by atoms with Gasteiger partial charge in [-0.25, -0.2) is 0 Å². The van der Waals surface area contributed by atoms with Gasteiger partial charge in [0, 0.05) is 6.42 Å². The Morgan fingerprint density at radius 1 is 1.07 bits per heavy atom. The minimum atomic E-state index is -1.09. The minimum Gasteiger partial charge on any atom is -0.0804 e. The zero-order valence-electron chi connectivity index (χ0n) is 9.17. The van der Waals surface area contributed by atoms with Crippen LogP contribution < -0.4 is 0 Å². The van der Waals surface area contributed by atoms with Crippen molar-refractivity contribution in [3.63, 3.8) is 0 Å². The second-order valence-corrected chi connectivity index (χ2v) is 10.1. The van der Waals surface area contributed by atoms with Crippen LogP contribution in [0.3, 0.4) is 0 Å². The maximum atomic E-state index is 2.42. The average molecular weight is 201 g/mol. The lowest BCUT2D eigenvalue weighted by Gasteiger charge is -2.25. The second kappa shape index (κ2) is 3.39. The summed E-state index contributed by atoms with van der Waals surface area (Å²) in [6.45, 7) is 7.25. The van der Waals surface area contributed by atoms with Crippen LogP contribution in [0.15, 0.2) is 35.5 Å².